The highest BCUT2D eigenvalue weighted by Crippen LogP contribution is 2.37. The number of imidazole rings is 1. The third-order valence-corrected chi connectivity index (χ3v) is 5.18. The molecule has 154 valence electrons. The Morgan fingerprint density at radius 3 is 2.20 bits per heavy atom. The van der Waals surface area contributed by atoms with Crippen LogP contribution in [0.2, 0.25) is 0 Å². The first-order chi connectivity index (χ1) is 14.7. The summed E-state index contributed by atoms with van der Waals surface area (Å²) in [5.74, 6) is 0.984. The monoisotopic (exact) mass is 403 g/mol. The highest BCUT2D eigenvalue weighted by molar-refractivity contribution is 5.77. The molecule has 0 saturated carbocycles. The van der Waals surface area contributed by atoms with Gasteiger partial charge in [-0.3, -0.25) is 0 Å². The average molecular weight is 403 g/mol. The van der Waals surface area contributed by atoms with E-state index < -0.39 is 5.60 Å². The number of rotatable bonds is 8. The molecule has 0 unspecified atom stereocenters. The van der Waals surface area contributed by atoms with E-state index in [0.717, 1.165) is 16.6 Å². The van der Waals surface area contributed by atoms with Crippen LogP contribution in [-0.2, 0) is 12.1 Å². The zero-order valence-corrected chi connectivity index (χ0v) is 16.9. The van der Waals surface area contributed by atoms with Gasteiger partial charge in [-0.2, -0.15) is 0 Å². The molecule has 30 heavy (non-hydrogen) atoms. The van der Waals surface area contributed by atoms with E-state index in [1.165, 1.54) is 0 Å². The van der Waals surface area contributed by atoms with Gasteiger partial charge >= 0.3 is 0 Å². The van der Waals surface area contributed by atoms with Gasteiger partial charge in [0, 0.05) is 25.6 Å². The second-order valence-electron chi connectivity index (χ2n) is 7.06. The van der Waals surface area contributed by atoms with Crippen molar-refractivity contribution in [3.05, 3.63) is 89.9 Å². The van der Waals surface area contributed by atoms with Crippen molar-refractivity contribution in [2.24, 2.45) is 0 Å². The Morgan fingerprint density at radius 2 is 1.63 bits per heavy atom. The summed E-state index contributed by atoms with van der Waals surface area (Å²) in [6, 6.07) is 20.9. The predicted molar refractivity (Wildman–Crippen MR) is 115 cm³/mol. The largest absolute Gasteiger partial charge is 0.478 e. The van der Waals surface area contributed by atoms with Gasteiger partial charge in [-0.1, -0.05) is 60.7 Å². The van der Waals surface area contributed by atoms with E-state index in [2.05, 4.69) is 4.98 Å². The molecule has 2 N–H and O–H groups in total. The smallest absolute Gasteiger partial charge is 0.215 e. The minimum Gasteiger partial charge on any atom is -0.478 e. The van der Waals surface area contributed by atoms with Crippen molar-refractivity contribution in [2.75, 3.05) is 13.2 Å². The maximum absolute atomic E-state index is 12.1. The zero-order chi connectivity index (χ0) is 21.0. The van der Waals surface area contributed by atoms with E-state index in [4.69, 9.17) is 14.8 Å². The van der Waals surface area contributed by atoms with Crippen LogP contribution in [0.15, 0.2) is 72.9 Å². The van der Waals surface area contributed by atoms with Crippen molar-refractivity contribution in [1.82, 2.24) is 14.5 Å². The molecular weight excluding hydrogens is 378 g/mol. The van der Waals surface area contributed by atoms with Gasteiger partial charge in [-0.05, 0) is 18.1 Å². The van der Waals surface area contributed by atoms with Crippen LogP contribution in [0.25, 0.3) is 11.0 Å². The Morgan fingerprint density at radius 1 is 1.00 bits per heavy atom. The number of hydrogen-bond donors (Lipinski definition) is 2. The Hall–Kier alpha value is -3.22. The summed E-state index contributed by atoms with van der Waals surface area (Å²) < 4.78 is 7.60. The van der Waals surface area contributed by atoms with Crippen molar-refractivity contribution in [2.45, 2.75) is 25.5 Å². The molecule has 0 aliphatic carbocycles. The zero-order valence-electron chi connectivity index (χ0n) is 16.9. The topological polar surface area (TPSA) is 80.4 Å². The third-order valence-electron chi connectivity index (χ3n) is 5.18. The van der Waals surface area contributed by atoms with E-state index in [1.54, 1.807) is 12.3 Å². The molecule has 6 heteroatoms. The number of benzene rings is 2. The Labute approximate surface area is 175 Å². The Balaban J connectivity index is 1.89. The summed E-state index contributed by atoms with van der Waals surface area (Å²) in [6.07, 6.45) is 2.26. The fourth-order valence-corrected chi connectivity index (χ4v) is 3.71. The number of ether oxygens (including phenoxy) is 1. The molecule has 0 spiro atoms. The summed E-state index contributed by atoms with van der Waals surface area (Å²) in [6.45, 7) is 3.10. The first-order valence-electron chi connectivity index (χ1n) is 10.1. The first-order valence-corrected chi connectivity index (χ1v) is 10.1. The molecule has 6 nitrogen and oxygen atoms in total. The van der Waals surface area contributed by atoms with E-state index in [9.17, 15) is 5.11 Å². The second-order valence-corrected chi connectivity index (χ2v) is 7.06. The number of nitrogens with zero attached hydrogens (tertiary/aromatic N) is 3. The summed E-state index contributed by atoms with van der Waals surface area (Å²) in [4.78, 5) is 9.22. The van der Waals surface area contributed by atoms with Crippen LogP contribution in [0, 0.1) is 0 Å². The molecule has 0 amide bonds. The van der Waals surface area contributed by atoms with Gasteiger partial charge in [0.05, 0.1) is 23.8 Å². The van der Waals surface area contributed by atoms with Crippen LogP contribution in [-0.4, -0.2) is 38.0 Å². The number of aryl methyl sites for hydroxylation is 1. The fourth-order valence-electron chi connectivity index (χ4n) is 3.71. The fraction of sp³-hybridized carbons (Fsp3) is 0.250. The molecule has 0 saturated heterocycles. The Bertz CT molecular complexity index is 1070. The maximum Gasteiger partial charge on any atom is 0.215 e. The maximum atomic E-state index is 12.1. The van der Waals surface area contributed by atoms with E-state index in [-0.39, 0.29) is 6.61 Å². The number of fused-ring (bicyclic) bond motifs is 1. The van der Waals surface area contributed by atoms with Crippen molar-refractivity contribution < 1.29 is 14.9 Å². The van der Waals surface area contributed by atoms with Crippen LogP contribution in [0.4, 0.5) is 0 Å². The third kappa shape index (κ3) is 3.56. The van der Waals surface area contributed by atoms with E-state index >= 15 is 0 Å². The summed E-state index contributed by atoms with van der Waals surface area (Å²) >= 11 is 0. The molecule has 0 aliphatic heterocycles. The van der Waals surface area contributed by atoms with Gasteiger partial charge in [-0.25, -0.2) is 9.97 Å². The van der Waals surface area contributed by atoms with Gasteiger partial charge in [0.2, 0.25) is 5.88 Å². The molecule has 2 heterocycles. The highest BCUT2D eigenvalue weighted by Gasteiger charge is 2.38. The highest BCUT2D eigenvalue weighted by atomic mass is 16.5. The second kappa shape index (κ2) is 8.65. The molecular formula is C24H25N3O3. The molecule has 4 rings (SSSR count). The van der Waals surface area contributed by atoms with Gasteiger partial charge in [0.1, 0.15) is 0 Å². The summed E-state index contributed by atoms with van der Waals surface area (Å²) in [5, 5.41) is 21.1. The summed E-state index contributed by atoms with van der Waals surface area (Å²) in [5.41, 5.74) is 1.59. The lowest BCUT2D eigenvalue weighted by Crippen LogP contribution is -2.32. The first kappa shape index (κ1) is 20.1. The van der Waals surface area contributed by atoms with Crippen LogP contribution >= 0.6 is 0 Å². The molecule has 2 aromatic heterocycles. The van der Waals surface area contributed by atoms with Crippen molar-refractivity contribution in [3.63, 3.8) is 0 Å². The summed E-state index contributed by atoms with van der Waals surface area (Å²) in [7, 11) is 0. The normalized spacial score (nSPS) is 11.7. The number of pyridine rings is 1. The SMILES string of the molecule is CCn1c(C(O)(c2ccccc2)c2ccccc2)nc2cc(OCCCO)ncc21. The molecule has 0 aliphatic rings. The van der Waals surface area contributed by atoms with Crippen LogP contribution in [0.5, 0.6) is 5.88 Å². The molecule has 0 radical (unpaired) electrons. The van der Waals surface area contributed by atoms with Crippen LogP contribution in [0.3, 0.4) is 0 Å². The Kier molecular flexibility index (Phi) is 5.79. The lowest BCUT2D eigenvalue weighted by molar-refractivity contribution is 0.112. The molecule has 4 aromatic rings. The van der Waals surface area contributed by atoms with E-state index in [1.807, 2.05) is 72.2 Å². The molecule has 0 atom stereocenters. The van der Waals surface area contributed by atoms with Crippen LogP contribution in [0.1, 0.15) is 30.3 Å². The minimum atomic E-state index is -1.42. The van der Waals surface area contributed by atoms with Gasteiger partial charge in [0.25, 0.3) is 0 Å². The standard InChI is InChI=1S/C24H25N3O3/c1-2-27-21-17-25-22(30-15-9-14-28)16-20(21)26-23(27)24(29,18-10-5-3-6-11-18)19-12-7-4-8-13-19/h3-8,10-13,16-17,28-29H,2,9,14-15H2,1H3. The number of aliphatic hydroxyl groups excluding tert-OH is 1. The van der Waals surface area contributed by atoms with E-state index in [0.29, 0.717) is 36.8 Å². The quantitative estimate of drug-likeness (QED) is 0.440. The molecule has 0 fully saturated rings. The average Bonchev–Trinajstić information content (AvgIpc) is 3.18. The number of aliphatic hydroxyl groups is 2. The van der Waals surface area contributed by atoms with Crippen molar-refractivity contribution >= 4 is 11.0 Å². The van der Waals surface area contributed by atoms with Crippen LogP contribution < -0.4 is 4.74 Å². The number of aromatic nitrogens is 3. The minimum absolute atomic E-state index is 0.0675. The molecule has 0 bridgehead atoms. The lowest BCUT2D eigenvalue weighted by atomic mass is 9.85. The van der Waals surface area contributed by atoms with Crippen molar-refractivity contribution in [1.29, 1.82) is 0 Å². The molecule has 2 aromatic carbocycles. The van der Waals surface area contributed by atoms with Gasteiger partial charge < -0.3 is 19.5 Å². The van der Waals surface area contributed by atoms with Gasteiger partial charge in [0.15, 0.2) is 11.4 Å². The number of hydrogen-bond acceptors (Lipinski definition) is 5. The van der Waals surface area contributed by atoms with Crippen molar-refractivity contribution in [3.8, 4) is 5.88 Å². The predicted octanol–water partition coefficient (Wildman–Crippen LogP) is 3.50. The lowest BCUT2D eigenvalue weighted by Gasteiger charge is -2.29. The van der Waals surface area contributed by atoms with Gasteiger partial charge in [-0.15, -0.1) is 0 Å².